The van der Waals surface area contributed by atoms with E-state index < -0.39 is 5.60 Å². The zero-order valence-corrected chi connectivity index (χ0v) is 17.0. The molecule has 6 heteroatoms. The first-order valence-electron chi connectivity index (χ1n) is 9.56. The van der Waals surface area contributed by atoms with Crippen LogP contribution < -0.4 is 4.74 Å². The number of carbonyl (C=O) groups excluding carboxylic acids is 2. The zero-order chi connectivity index (χ0) is 20.0. The van der Waals surface area contributed by atoms with Gasteiger partial charge in [-0.2, -0.15) is 0 Å². The number of ether oxygens (including phenoxy) is 3. The van der Waals surface area contributed by atoms with Gasteiger partial charge in [-0.15, -0.1) is 0 Å². The van der Waals surface area contributed by atoms with E-state index in [1.165, 1.54) is 0 Å². The second-order valence-corrected chi connectivity index (χ2v) is 7.92. The molecule has 150 valence electrons. The van der Waals surface area contributed by atoms with Gasteiger partial charge in [-0.25, -0.2) is 4.79 Å². The maximum Gasteiger partial charge on any atom is 0.410 e. The quantitative estimate of drug-likeness (QED) is 0.699. The molecule has 1 saturated heterocycles. The van der Waals surface area contributed by atoms with Crippen molar-refractivity contribution < 1.29 is 23.8 Å². The molecule has 2 rings (SSSR count). The minimum Gasteiger partial charge on any atom is -0.489 e. The number of carbonyl (C=O) groups is 2. The van der Waals surface area contributed by atoms with Crippen LogP contribution in [-0.2, 0) is 14.3 Å². The highest BCUT2D eigenvalue weighted by Gasteiger charge is 2.38. The van der Waals surface area contributed by atoms with E-state index >= 15 is 0 Å². The standard InChI is InChI=1S/C21H31NO5/c1-6-25-19(23)12-9-16-13-18(26-17-10-7-15(2)8-11-17)14-22(16)20(24)27-21(3,4)5/h7-8,10-11,16,18H,6,9,12-14H2,1-5H3/t16-,18+/m1/s1. The normalized spacial score (nSPS) is 19.7. The van der Waals surface area contributed by atoms with Crippen LogP contribution >= 0.6 is 0 Å². The van der Waals surface area contributed by atoms with E-state index in [1.807, 2.05) is 52.0 Å². The molecule has 1 fully saturated rings. The highest BCUT2D eigenvalue weighted by Crippen LogP contribution is 2.28. The molecule has 1 aromatic carbocycles. The number of hydrogen-bond acceptors (Lipinski definition) is 5. The Morgan fingerprint density at radius 2 is 1.85 bits per heavy atom. The number of nitrogens with zero attached hydrogens (tertiary/aromatic N) is 1. The Hall–Kier alpha value is -2.24. The van der Waals surface area contributed by atoms with Crippen LogP contribution in [0.3, 0.4) is 0 Å². The molecule has 0 aliphatic carbocycles. The molecule has 2 atom stereocenters. The van der Waals surface area contributed by atoms with Crippen molar-refractivity contribution in [1.29, 1.82) is 0 Å². The van der Waals surface area contributed by atoms with Gasteiger partial charge in [0.15, 0.2) is 0 Å². The first-order chi connectivity index (χ1) is 12.7. The Bertz CT molecular complexity index is 635. The van der Waals surface area contributed by atoms with Gasteiger partial charge in [0.2, 0.25) is 0 Å². The average molecular weight is 377 g/mol. The molecular weight excluding hydrogens is 346 g/mol. The van der Waals surface area contributed by atoms with E-state index in [0.29, 0.717) is 26.0 Å². The molecule has 1 aliphatic rings. The van der Waals surface area contributed by atoms with E-state index in [0.717, 1.165) is 11.3 Å². The van der Waals surface area contributed by atoms with E-state index in [1.54, 1.807) is 11.8 Å². The van der Waals surface area contributed by atoms with Crippen LogP contribution in [0.1, 0.15) is 52.5 Å². The summed E-state index contributed by atoms with van der Waals surface area (Å²) in [5.41, 5.74) is 0.593. The monoisotopic (exact) mass is 377 g/mol. The van der Waals surface area contributed by atoms with Gasteiger partial charge in [-0.1, -0.05) is 17.7 Å². The highest BCUT2D eigenvalue weighted by atomic mass is 16.6. The molecule has 0 aromatic heterocycles. The Balaban J connectivity index is 2.03. The lowest BCUT2D eigenvalue weighted by Gasteiger charge is -2.28. The smallest absolute Gasteiger partial charge is 0.410 e. The minimum atomic E-state index is -0.571. The second kappa shape index (κ2) is 9.11. The highest BCUT2D eigenvalue weighted by molar-refractivity contribution is 5.71. The fraction of sp³-hybridized carbons (Fsp3) is 0.619. The minimum absolute atomic E-state index is 0.111. The Morgan fingerprint density at radius 3 is 2.44 bits per heavy atom. The van der Waals surface area contributed by atoms with E-state index in [9.17, 15) is 9.59 Å². The molecule has 0 spiro atoms. The van der Waals surface area contributed by atoms with Crippen LogP contribution in [-0.4, -0.2) is 47.9 Å². The topological polar surface area (TPSA) is 65.1 Å². The Labute approximate surface area is 161 Å². The lowest BCUT2D eigenvalue weighted by Crippen LogP contribution is -2.40. The van der Waals surface area contributed by atoms with Gasteiger partial charge in [-0.3, -0.25) is 4.79 Å². The van der Waals surface area contributed by atoms with Gasteiger partial charge in [0.25, 0.3) is 0 Å². The maximum absolute atomic E-state index is 12.6. The summed E-state index contributed by atoms with van der Waals surface area (Å²) in [7, 11) is 0. The summed E-state index contributed by atoms with van der Waals surface area (Å²) >= 11 is 0. The summed E-state index contributed by atoms with van der Waals surface area (Å²) in [5.74, 6) is 0.533. The van der Waals surface area contributed by atoms with Gasteiger partial charge in [0.1, 0.15) is 17.5 Å². The Kier molecular flexibility index (Phi) is 7.11. The van der Waals surface area contributed by atoms with Crippen molar-refractivity contribution in [3.63, 3.8) is 0 Å². The van der Waals surface area contributed by atoms with Crippen molar-refractivity contribution in [2.45, 2.75) is 71.6 Å². The third-order valence-corrected chi connectivity index (χ3v) is 4.31. The average Bonchev–Trinajstić information content (AvgIpc) is 2.97. The molecule has 0 saturated carbocycles. The molecule has 0 radical (unpaired) electrons. The van der Waals surface area contributed by atoms with Crippen LogP contribution in [0.15, 0.2) is 24.3 Å². The summed E-state index contributed by atoms with van der Waals surface area (Å²) in [6, 6.07) is 7.74. The predicted molar refractivity (Wildman–Crippen MR) is 103 cm³/mol. The fourth-order valence-corrected chi connectivity index (χ4v) is 3.10. The first-order valence-corrected chi connectivity index (χ1v) is 9.56. The number of rotatable bonds is 6. The van der Waals surface area contributed by atoms with Crippen molar-refractivity contribution >= 4 is 12.1 Å². The largest absolute Gasteiger partial charge is 0.489 e. The molecule has 27 heavy (non-hydrogen) atoms. The van der Waals surface area contributed by atoms with Gasteiger partial charge in [0, 0.05) is 18.9 Å². The molecule has 1 aliphatic heterocycles. The van der Waals surface area contributed by atoms with Gasteiger partial charge in [0.05, 0.1) is 13.2 Å². The van der Waals surface area contributed by atoms with Crippen molar-refractivity contribution in [3.05, 3.63) is 29.8 Å². The van der Waals surface area contributed by atoms with E-state index in [-0.39, 0.29) is 30.6 Å². The molecule has 0 N–H and O–H groups in total. The lowest BCUT2D eigenvalue weighted by molar-refractivity contribution is -0.143. The molecule has 6 nitrogen and oxygen atoms in total. The maximum atomic E-state index is 12.6. The molecule has 1 amide bonds. The number of aryl methyl sites for hydroxylation is 1. The fourth-order valence-electron chi connectivity index (χ4n) is 3.10. The van der Waals surface area contributed by atoms with Crippen molar-refractivity contribution in [2.24, 2.45) is 0 Å². The third kappa shape index (κ3) is 6.77. The van der Waals surface area contributed by atoms with E-state index in [2.05, 4.69) is 0 Å². The predicted octanol–water partition coefficient (Wildman–Crippen LogP) is 4.10. The van der Waals surface area contributed by atoms with Crippen molar-refractivity contribution in [2.75, 3.05) is 13.2 Å². The number of likely N-dealkylation sites (tertiary alicyclic amines) is 1. The number of esters is 1. The van der Waals surface area contributed by atoms with Gasteiger partial charge in [-0.05, 0) is 53.2 Å². The summed E-state index contributed by atoms with van der Waals surface area (Å²) in [5, 5.41) is 0. The molecule has 0 bridgehead atoms. The van der Waals surface area contributed by atoms with Crippen molar-refractivity contribution in [1.82, 2.24) is 4.90 Å². The van der Waals surface area contributed by atoms with Crippen LogP contribution in [0.2, 0.25) is 0 Å². The summed E-state index contributed by atoms with van der Waals surface area (Å²) in [4.78, 5) is 26.0. The zero-order valence-electron chi connectivity index (χ0n) is 17.0. The van der Waals surface area contributed by atoms with Crippen LogP contribution in [0, 0.1) is 6.92 Å². The lowest BCUT2D eigenvalue weighted by atomic mass is 10.1. The van der Waals surface area contributed by atoms with Crippen LogP contribution in [0.4, 0.5) is 4.79 Å². The van der Waals surface area contributed by atoms with E-state index in [4.69, 9.17) is 14.2 Å². The number of hydrogen-bond donors (Lipinski definition) is 0. The molecular formula is C21H31NO5. The summed E-state index contributed by atoms with van der Waals surface area (Å²) in [6.45, 7) is 10.1. The van der Waals surface area contributed by atoms with Gasteiger partial charge < -0.3 is 19.1 Å². The molecule has 1 aromatic rings. The number of benzene rings is 1. The number of amides is 1. The molecule has 1 heterocycles. The SMILES string of the molecule is CCOC(=O)CC[C@@H]1C[C@H](Oc2ccc(C)cc2)CN1C(=O)OC(C)(C)C. The first kappa shape index (κ1) is 21.1. The Morgan fingerprint density at radius 1 is 1.19 bits per heavy atom. The van der Waals surface area contributed by atoms with Crippen LogP contribution in [0.25, 0.3) is 0 Å². The summed E-state index contributed by atoms with van der Waals surface area (Å²) in [6.07, 6.45) is 0.965. The van der Waals surface area contributed by atoms with Crippen LogP contribution in [0.5, 0.6) is 5.75 Å². The third-order valence-electron chi connectivity index (χ3n) is 4.31. The van der Waals surface area contributed by atoms with Crippen molar-refractivity contribution in [3.8, 4) is 5.75 Å². The van der Waals surface area contributed by atoms with Gasteiger partial charge >= 0.3 is 12.1 Å². The molecule has 0 unspecified atom stereocenters. The second-order valence-electron chi connectivity index (χ2n) is 7.92. The summed E-state index contributed by atoms with van der Waals surface area (Å²) < 4.78 is 16.6.